The predicted molar refractivity (Wildman–Crippen MR) is 62.7 cm³/mol. The number of nitrogens with one attached hydrogen (secondary N) is 2. The van der Waals surface area contributed by atoms with Crippen LogP contribution >= 0.6 is 0 Å². The first-order valence-electron chi connectivity index (χ1n) is 5.34. The molecule has 20 heavy (non-hydrogen) atoms. The Bertz CT molecular complexity index is 684. The Hall–Kier alpha value is -2.82. The van der Waals surface area contributed by atoms with Gasteiger partial charge in [-0.25, -0.2) is 0 Å². The van der Waals surface area contributed by atoms with Crippen LogP contribution in [0.5, 0.6) is 0 Å². The van der Waals surface area contributed by atoms with Gasteiger partial charge in [0.1, 0.15) is 0 Å². The van der Waals surface area contributed by atoms with Crippen molar-refractivity contribution in [3.05, 3.63) is 47.3 Å². The first-order chi connectivity index (χ1) is 9.41. The van der Waals surface area contributed by atoms with Gasteiger partial charge in [0, 0.05) is 5.69 Å². The van der Waals surface area contributed by atoms with E-state index in [0.29, 0.717) is 0 Å². The highest BCUT2D eigenvalue weighted by Gasteiger charge is 2.37. The van der Waals surface area contributed by atoms with Crippen LogP contribution in [0, 0.1) is 11.3 Å². The van der Waals surface area contributed by atoms with Crippen LogP contribution in [0.1, 0.15) is 21.6 Å². The highest BCUT2D eigenvalue weighted by atomic mass is 19.4. The van der Waals surface area contributed by atoms with E-state index in [4.69, 9.17) is 5.26 Å². The molecule has 1 heterocycles. The van der Waals surface area contributed by atoms with Crippen molar-refractivity contribution in [2.24, 2.45) is 0 Å². The number of carbonyl (C=O) groups is 1. The Morgan fingerprint density at radius 2 is 2.15 bits per heavy atom. The molecule has 1 amide bonds. The maximum atomic E-state index is 12.6. The molecule has 0 saturated carbocycles. The molecular weight excluding hydrogens is 273 g/mol. The average Bonchev–Trinajstić information content (AvgIpc) is 2.88. The minimum atomic E-state index is -4.70. The van der Waals surface area contributed by atoms with Crippen molar-refractivity contribution in [3.8, 4) is 6.07 Å². The van der Waals surface area contributed by atoms with Gasteiger partial charge in [-0.2, -0.15) is 23.5 Å². The van der Waals surface area contributed by atoms with Crippen molar-refractivity contribution < 1.29 is 18.0 Å². The molecule has 0 aliphatic heterocycles. The monoisotopic (exact) mass is 280 g/mol. The van der Waals surface area contributed by atoms with Gasteiger partial charge in [0.15, 0.2) is 5.69 Å². The molecule has 2 rings (SSSR count). The number of aromatic nitrogens is 2. The number of hydrogen-bond acceptors (Lipinski definition) is 3. The molecule has 2 N–H and O–H groups in total. The van der Waals surface area contributed by atoms with Gasteiger partial charge in [-0.3, -0.25) is 9.89 Å². The summed E-state index contributed by atoms with van der Waals surface area (Å²) in [5.41, 5.74) is -1.32. The predicted octanol–water partition coefficient (Wildman–Crippen LogP) is 2.55. The molecule has 5 nitrogen and oxygen atoms in total. The van der Waals surface area contributed by atoms with E-state index in [1.54, 1.807) is 5.10 Å². The summed E-state index contributed by atoms with van der Waals surface area (Å²) in [4.78, 5) is 11.8. The minimum absolute atomic E-state index is 0.225. The molecule has 2 aromatic rings. The van der Waals surface area contributed by atoms with E-state index < -0.39 is 23.3 Å². The molecule has 0 aliphatic carbocycles. The Kier molecular flexibility index (Phi) is 3.43. The van der Waals surface area contributed by atoms with Gasteiger partial charge in [0.05, 0.1) is 23.4 Å². The van der Waals surface area contributed by atoms with Gasteiger partial charge in [0.2, 0.25) is 0 Å². The summed E-state index contributed by atoms with van der Waals surface area (Å²) in [6, 6.07) is 7.69. The lowest BCUT2D eigenvalue weighted by Gasteiger charge is -2.08. The fourth-order valence-corrected chi connectivity index (χ4v) is 1.54. The highest BCUT2D eigenvalue weighted by molar-refractivity contribution is 6.05. The number of benzene rings is 1. The van der Waals surface area contributed by atoms with Crippen molar-refractivity contribution in [3.63, 3.8) is 0 Å². The third-order valence-electron chi connectivity index (χ3n) is 2.42. The number of hydrogen-bond donors (Lipinski definition) is 2. The standard InChI is InChI=1S/C12H7F3N4O/c13-12(14,15)10-9(6-17-19-10)11(20)18-8-3-1-2-7(4-8)5-16/h1-4,6H,(H,17,19)(H,18,20). The molecule has 0 atom stereocenters. The zero-order valence-corrected chi connectivity index (χ0v) is 9.82. The second-order valence-corrected chi connectivity index (χ2v) is 3.80. The van der Waals surface area contributed by atoms with Crippen molar-refractivity contribution in [1.82, 2.24) is 10.2 Å². The van der Waals surface area contributed by atoms with Crippen LogP contribution in [0.25, 0.3) is 0 Å². The highest BCUT2D eigenvalue weighted by Crippen LogP contribution is 2.30. The number of anilines is 1. The zero-order chi connectivity index (χ0) is 14.8. The Balaban J connectivity index is 2.25. The molecule has 102 valence electrons. The Labute approximate surface area is 111 Å². The van der Waals surface area contributed by atoms with Crippen LogP contribution in [-0.2, 0) is 6.18 Å². The summed E-state index contributed by atoms with van der Waals surface area (Å²) >= 11 is 0. The minimum Gasteiger partial charge on any atom is -0.322 e. The molecule has 8 heteroatoms. The van der Waals surface area contributed by atoms with Crippen molar-refractivity contribution >= 4 is 11.6 Å². The quantitative estimate of drug-likeness (QED) is 0.886. The van der Waals surface area contributed by atoms with Gasteiger partial charge in [-0.05, 0) is 18.2 Å². The fourth-order valence-electron chi connectivity index (χ4n) is 1.54. The largest absolute Gasteiger partial charge is 0.433 e. The van der Waals surface area contributed by atoms with Crippen LogP contribution in [0.3, 0.4) is 0 Å². The Morgan fingerprint density at radius 1 is 1.40 bits per heavy atom. The van der Waals surface area contributed by atoms with E-state index in [1.165, 1.54) is 24.3 Å². The normalized spacial score (nSPS) is 10.9. The molecule has 0 unspecified atom stereocenters. The molecule has 0 aliphatic rings. The molecule has 1 aromatic heterocycles. The maximum Gasteiger partial charge on any atom is 0.433 e. The molecule has 0 fully saturated rings. The van der Waals surface area contributed by atoms with Crippen LogP contribution in [0.15, 0.2) is 30.5 Å². The van der Waals surface area contributed by atoms with Crippen LogP contribution < -0.4 is 5.32 Å². The number of halogens is 3. The SMILES string of the molecule is N#Cc1cccc(NC(=O)c2cn[nH]c2C(F)(F)F)c1. The lowest BCUT2D eigenvalue weighted by molar-refractivity contribution is -0.141. The summed E-state index contributed by atoms with van der Waals surface area (Å²) in [7, 11) is 0. The first-order valence-corrected chi connectivity index (χ1v) is 5.34. The summed E-state index contributed by atoms with van der Waals surface area (Å²) < 4.78 is 37.8. The third-order valence-corrected chi connectivity index (χ3v) is 2.42. The van der Waals surface area contributed by atoms with Gasteiger partial charge < -0.3 is 5.32 Å². The Morgan fingerprint density at radius 3 is 2.80 bits per heavy atom. The second kappa shape index (κ2) is 5.05. The summed E-state index contributed by atoms with van der Waals surface area (Å²) in [5, 5.41) is 16.0. The van der Waals surface area contributed by atoms with Gasteiger partial charge >= 0.3 is 6.18 Å². The van der Waals surface area contributed by atoms with Crippen molar-refractivity contribution in [2.75, 3.05) is 5.32 Å². The van der Waals surface area contributed by atoms with Crippen LogP contribution in [0.2, 0.25) is 0 Å². The number of alkyl halides is 3. The smallest absolute Gasteiger partial charge is 0.322 e. The number of aromatic amines is 1. The van der Waals surface area contributed by atoms with E-state index in [2.05, 4.69) is 10.4 Å². The van der Waals surface area contributed by atoms with Gasteiger partial charge in [0.25, 0.3) is 5.91 Å². The topological polar surface area (TPSA) is 81.6 Å². The van der Waals surface area contributed by atoms with E-state index in [-0.39, 0.29) is 11.3 Å². The summed E-state index contributed by atoms with van der Waals surface area (Å²) in [6.45, 7) is 0. The first kappa shape index (κ1) is 13.6. The van der Waals surface area contributed by atoms with Gasteiger partial charge in [-0.15, -0.1) is 0 Å². The lowest BCUT2D eigenvalue weighted by atomic mass is 10.2. The average molecular weight is 280 g/mol. The fraction of sp³-hybridized carbons (Fsp3) is 0.0833. The third kappa shape index (κ3) is 2.77. The molecular formula is C12H7F3N4O. The number of carbonyl (C=O) groups excluding carboxylic acids is 1. The van der Waals surface area contributed by atoms with Crippen LogP contribution in [0.4, 0.5) is 18.9 Å². The number of nitriles is 1. The molecule has 0 bridgehead atoms. The molecule has 0 spiro atoms. The second-order valence-electron chi connectivity index (χ2n) is 3.80. The van der Waals surface area contributed by atoms with E-state index in [1.807, 2.05) is 6.07 Å². The van der Waals surface area contributed by atoms with Crippen LogP contribution in [-0.4, -0.2) is 16.1 Å². The lowest BCUT2D eigenvalue weighted by Crippen LogP contribution is -2.17. The molecule has 0 saturated heterocycles. The van der Waals surface area contributed by atoms with Crippen molar-refractivity contribution in [2.45, 2.75) is 6.18 Å². The van der Waals surface area contributed by atoms with E-state index in [0.717, 1.165) is 6.20 Å². The number of amides is 1. The molecule has 1 aromatic carbocycles. The summed E-state index contributed by atoms with van der Waals surface area (Å²) in [6.07, 6.45) is -3.90. The summed E-state index contributed by atoms with van der Waals surface area (Å²) in [5.74, 6) is -0.957. The van der Waals surface area contributed by atoms with Crippen molar-refractivity contribution in [1.29, 1.82) is 5.26 Å². The zero-order valence-electron chi connectivity index (χ0n) is 9.82. The number of nitrogens with zero attached hydrogens (tertiary/aromatic N) is 2. The number of H-pyrrole nitrogens is 1. The van der Waals surface area contributed by atoms with E-state index >= 15 is 0 Å². The van der Waals surface area contributed by atoms with Gasteiger partial charge in [-0.1, -0.05) is 6.07 Å². The number of rotatable bonds is 2. The maximum absolute atomic E-state index is 12.6. The van der Waals surface area contributed by atoms with E-state index in [9.17, 15) is 18.0 Å². The molecule has 0 radical (unpaired) electrons.